The van der Waals surface area contributed by atoms with Crippen molar-refractivity contribution < 1.29 is 19.4 Å². The number of ether oxygens (including phenoxy) is 2. The maximum Gasteiger partial charge on any atom is 0.339 e. The van der Waals surface area contributed by atoms with Crippen LogP contribution in [0.2, 0.25) is 0 Å². The molecular formula is C25H30N6O4. The van der Waals surface area contributed by atoms with Gasteiger partial charge < -0.3 is 30.6 Å². The number of rotatable bonds is 9. The maximum absolute atomic E-state index is 11.4. The predicted molar refractivity (Wildman–Crippen MR) is 134 cm³/mol. The highest BCUT2D eigenvalue weighted by Crippen LogP contribution is 2.31. The van der Waals surface area contributed by atoms with Crippen LogP contribution in [0.4, 0.5) is 17.3 Å². The molecule has 4 N–H and O–H groups in total. The summed E-state index contributed by atoms with van der Waals surface area (Å²) in [4.78, 5) is 16.0. The molecule has 0 saturated carbocycles. The molecule has 10 heteroatoms. The highest BCUT2D eigenvalue weighted by Gasteiger charge is 2.19. The summed E-state index contributed by atoms with van der Waals surface area (Å²) in [6.07, 6.45) is 5.18. The number of aromatic carboxylic acids is 1. The first-order valence-electron chi connectivity index (χ1n) is 11.6. The predicted octanol–water partition coefficient (Wildman–Crippen LogP) is 4.43. The molecule has 2 aromatic carbocycles. The summed E-state index contributed by atoms with van der Waals surface area (Å²) in [6, 6.07) is 8.67. The largest absolute Gasteiger partial charge is 0.496 e. The van der Waals surface area contributed by atoms with Crippen molar-refractivity contribution in [2.45, 2.75) is 38.8 Å². The third-order valence-electron chi connectivity index (χ3n) is 6.05. The molecule has 0 bridgehead atoms. The zero-order valence-corrected chi connectivity index (χ0v) is 20.1. The maximum atomic E-state index is 11.4. The first-order chi connectivity index (χ1) is 16.9. The molecule has 0 aliphatic carbocycles. The monoisotopic (exact) mass is 478 g/mol. The minimum atomic E-state index is -1.06. The van der Waals surface area contributed by atoms with E-state index in [1.807, 2.05) is 19.1 Å². The van der Waals surface area contributed by atoms with Crippen LogP contribution >= 0.6 is 0 Å². The number of aromatic nitrogens is 3. The fourth-order valence-electron chi connectivity index (χ4n) is 4.22. The van der Waals surface area contributed by atoms with Crippen LogP contribution < -0.4 is 15.4 Å². The highest BCUT2D eigenvalue weighted by atomic mass is 16.5. The average molecular weight is 479 g/mol. The summed E-state index contributed by atoms with van der Waals surface area (Å²) in [5, 5.41) is 28.6. The molecule has 1 aromatic heterocycles. The molecule has 1 fully saturated rings. The van der Waals surface area contributed by atoms with Gasteiger partial charge in [0.1, 0.15) is 17.5 Å². The molecule has 2 heterocycles. The Morgan fingerprint density at radius 3 is 2.77 bits per heavy atom. The van der Waals surface area contributed by atoms with E-state index < -0.39 is 5.97 Å². The van der Waals surface area contributed by atoms with Crippen LogP contribution in [0.15, 0.2) is 30.3 Å². The van der Waals surface area contributed by atoms with Gasteiger partial charge in [0.2, 0.25) is 5.95 Å². The Balaban J connectivity index is 1.62. The first-order valence-corrected chi connectivity index (χ1v) is 11.6. The van der Waals surface area contributed by atoms with Crippen molar-refractivity contribution in [3.63, 3.8) is 0 Å². The minimum absolute atomic E-state index is 0.0447. The SMILES string of the molecule is CCc1c(Nc2nc(-c3ccc(C(=O)O)c(OC)c3)nn2C)ccc(NC2CCCCO2)c1C=N. The number of benzene rings is 2. The smallest absolute Gasteiger partial charge is 0.339 e. The van der Waals surface area contributed by atoms with Gasteiger partial charge in [0, 0.05) is 42.4 Å². The highest BCUT2D eigenvalue weighted by molar-refractivity contribution is 5.92. The van der Waals surface area contributed by atoms with Gasteiger partial charge in [-0.05, 0) is 61.6 Å². The van der Waals surface area contributed by atoms with E-state index in [0.29, 0.717) is 23.8 Å². The van der Waals surface area contributed by atoms with Gasteiger partial charge in [-0.2, -0.15) is 4.98 Å². The Bertz CT molecular complexity index is 1230. The van der Waals surface area contributed by atoms with E-state index >= 15 is 0 Å². The van der Waals surface area contributed by atoms with Crippen molar-refractivity contribution in [1.82, 2.24) is 14.8 Å². The van der Waals surface area contributed by atoms with E-state index in [4.69, 9.17) is 14.9 Å². The lowest BCUT2D eigenvalue weighted by molar-refractivity contribution is 0.0343. The minimum Gasteiger partial charge on any atom is -0.496 e. The molecule has 1 aliphatic heterocycles. The Morgan fingerprint density at radius 1 is 1.31 bits per heavy atom. The topological polar surface area (TPSA) is 134 Å². The van der Waals surface area contributed by atoms with Crippen molar-refractivity contribution >= 4 is 29.5 Å². The number of carboxylic acids is 1. The van der Waals surface area contributed by atoms with Gasteiger partial charge in [-0.1, -0.05) is 6.92 Å². The average Bonchev–Trinajstić information content (AvgIpc) is 3.24. The van der Waals surface area contributed by atoms with Crippen molar-refractivity contribution in [1.29, 1.82) is 5.41 Å². The summed E-state index contributed by atoms with van der Waals surface area (Å²) in [6.45, 7) is 2.80. The van der Waals surface area contributed by atoms with Crippen LogP contribution in [0.1, 0.15) is 47.7 Å². The third kappa shape index (κ3) is 5.12. The Morgan fingerprint density at radius 2 is 2.11 bits per heavy atom. The summed E-state index contributed by atoms with van der Waals surface area (Å²) in [7, 11) is 3.21. The molecule has 0 spiro atoms. The second-order valence-electron chi connectivity index (χ2n) is 8.28. The van der Waals surface area contributed by atoms with E-state index in [9.17, 15) is 9.90 Å². The quantitative estimate of drug-likeness (QED) is 0.332. The molecule has 1 atom stereocenters. The number of carbonyl (C=O) groups is 1. The van der Waals surface area contributed by atoms with Crippen LogP contribution in [-0.4, -0.2) is 52.0 Å². The van der Waals surface area contributed by atoms with Gasteiger partial charge in [-0.15, -0.1) is 5.10 Å². The molecule has 0 amide bonds. The van der Waals surface area contributed by atoms with Crippen molar-refractivity contribution in [3.05, 3.63) is 47.0 Å². The number of nitrogens with zero attached hydrogens (tertiary/aromatic N) is 3. The van der Waals surface area contributed by atoms with Gasteiger partial charge in [-0.3, -0.25) is 0 Å². The fraction of sp³-hybridized carbons (Fsp3) is 0.360. The third-order valence-corrected chi connectivity index (χ3v) is 6.05. The number of methoxy groups -OCH3 is 1. The second-order valence-corrected chi connectivity index (χ2v) is 8.28. The van der Waals surface area contributed by atoms with Crippen molar-refractivity contribution in [2.24, 2.45) is 7.05 Å². The molecule has 1 aliphatic rings. The van der Waals surface area contributed by atoms with Gasteiger partial charge in [0.05, 0.1) is 7.11 Å². The molecule has 10 nitrogen and oxygen atoms in total. The van der Waals surface area contributed by atoms with E-state index in [2.05, 4.69) is 20.7 Å². The summed E-state index contributed by atoms with van der Waals surface area (Å²) in [5.41, 5.74) is 4.21. The number of hydrogen-bond donors (Lipinski definition) is 4. The molecule has 1 saturated heterocycles. The number of hydrogen-bond acceptors (Lipinski definition) is 8. The lowest BCUT2D eigenvalue weighted by Crippen LogP contribution is -2.27. The van der Waals surface area contributed by atoms with Gasteiger partial charge in [0.15, 0.2) is 5.82 Å². The van der Waals surface area contributed by atoms with Crippen LogP contribution in [0.5, 0.6) is 5.75 Å². The van der Waals surface area contributed by atoms with E-state index in [-0.39, 0.29) is 17.5 Å². The number of carboxylic acid groups (broad SMARTS) is 1. The molecule has 184 valence electrons. The van der Waals surface area contributed by atoms with Gasteiger partial charge >= 0.3 is 5.97 Å². The molecule has 35 heavy (non-hydrogen) atoms. The van der Waals surface area contributed by atoms with Crippen LogP contribution in [-0.2, 0) is 18.2 Å². The summed E-state index contributed by atoms with van der Waals surface area (Å²) < 4.78 is 12.7. The van der Waals surface area contributed by atoms with Crippen LogP contribution in [0.25, 0.3) is 11.4 Å². The normalized spacial score (nSPS) is 15.5. The van der Waals surface area contributed by atoms with Gasteiger partial charge in [-0.25, -0.2) is 9.48 Å². The molecule has 0 radical (unpaired) electrons. The van der Waals surface area contributed by atoms with E-state index in [0.717, 1.165) is 48.4 Å². The van der Waals surface area contributed by atoms with Gasteiger partial charge in [0.25, 0.3) is 0 Å². The van der Waals surface area contributed by atoms with Crippen molar-refractivity contribution in [3.8, 4) is 17.1 Å². The standard InChI is InChI=1S/C25H30N6O4/c1-4-16-18(14-26)20(27-22-7-5-6-12-35-22)11-10-19(16)28-25-29-23(30-31(25)2)15-8-9-17(24(32)33)21(13-15)34-3/h8-11,13-14,22,26-27H,4-7,12H2,1-3H3,(H,32,33)(H,28,29,30). The molecule has 4 rings (SSSR count). The lowest BCUT2D eigenvalue weighted by Gasteiger charge is -2.26. The summed E-state index contributed by atoms with van der Waals surface area (Å²) >= 11 is 0. The van der Waals surface area contributed by atoms with Crippen LogP contribution in [0.3, 0.4) is 0 Å². The fourth-order valence-corrected chi connectivity index (χ4v) is 4.22. The Labute approximate surface area is 203 Å². The zero-order valence-electron chi connectivity index (χ0n) is 20.1. The van der Waals surface area contributed by atoms with Crippen LogP contribution in [0, 0.1) is 5.41 Å². The molecular weight excluding hydrogens is 448 g/mol. The Kier molecular flexibility index (Phi) is 7.31. The van der Waals surface area contributed by atoms with E-state index in [1.54, 1.807) is 23.9 Å². The first kappa shape index (κ1) is 24.2. The number of anilines is 3. The zero-order chi connectivity index (χ0) is 24.9. The summed E-state index contributed by atoms with van der Waals surface area (Å²) in [5.74, 6) is 0.129. The van der Waals surface area contributed by atoms with Crippen molar-refractivity contribution in [2.75, 3.05) is 24.4 Å². The Hall–Kier alpha value is -3.92. The lowest BCUT2D eigenvalue weighted by atomic mass is 10.0. The number of nitrogens with one attached hydrogen (secondary N) is 3. The molecule has 3 aromatic rings. The number of aryl methyl sites for hydroxylation is 1. The van der Waals surface area contributed by atoms with E-state index in [1.165, 1.54) is 19.4 Å². The molecule has 1 unspecified atom stereocenters. The second kappa shape index (κ2) is 10.6.